The smallest absolute Gasteiger partial charge is 0.358 e. The van der Waals surface area contributed by atoms with Gasteiger partial charge in [-0.2, -0.15) is 13.2 Å². The van der Waals surface area contributed by atoms with E-state index in [9.17, 15) is 18.0 Å². The predicted molar refractivity (Wildman–Crippen MR) is 37.6 cm³/mol. The number of carbonyl (C=O) groups excluding carboxylic acids is 1. The van der Waals surface area contributed by atoms with Crippen LogP contribution < -0.4 is 5.32 Å². The maximum Gasteiger partial charge on any atom is 0.401 e. The number of nitrogens with one attached hydrogen (secondary N) is 1. The molecule has 6 heteroatoms. The van der Waals surface area contributed by atoms with E-state index in [2.05, 4.69) is 5.32 Å². The summed E-state index contributed by atoms with van der Waals surface area (Å²) in [6, 6.07) is 0. The molecule has 0 aromatic rings. The molecule has 0 bridgehead atoms. The molecule has 0 aliphatic carbocycles. The SMILES string of the molecule is CNC(=O)CN(C)CC(F)(F)F. The van der Waals surface area contributed by atoms with Crippen molar-refractivity contribution in [3.63, 3.8) is 0 Å². The van der Waals surface area contributed by atoms with Gasteiger partial charge in [0.25, 0.3) is 0 Å². The molecule has 0 aromatic heterocycles. The Bertz CT molecular complexity index is 157. The van der Waals surface area contributed by atoms with Crippen molar-refractivity contribution in [2.24, 2.45) is 0 Å². The monoisotopic (exact) mass is 184 g/mol. The Labute approximate surface area is 68.5 Å². The highest BCUT2D eigenvalue weighted by molar-refractivity contribution is 5.77. The van der Waals surface area contributed by atoms with Gasteiger partial charge in [0.05, 0.1) is 13.1 Å². The molecule has 0 aromatic carbocycles. The molecule has 12 heavy (non-hydrogen) atoms. The molecule has 0 aliphatic rings. The van der Waals surface area contributed by atoms with E-state index in [-0.39, 0.29) is 6.54 Å². The van der Waals surface area contributed by atoms with Gasteiger partial charge in [-0.15, -0.1) is 0 Å². The van der Waals surface area contributed by atoms with Crippen LogP contribution in [0.25, 0.3) is 0 Å². The van der Waals surface area contributed by atoms with Crippen molar-refractivity contribution >= 4 is 5.91 Å². The zero-order valence-corrected chi connectivity index (χ0v) is 6.90. The fourth-order valence-corrected chi connectivity index (χ4v) is 0.686. The summed E-state index contributed by atoms with van der Waals surface area (Å²) in [6.45, 7) is -1.31. The second-order valence-electron chi connectivity index (χ2n) is 2.46. The molecule has 3 nitrogen and oxygen atoms in total. The van der Waals surface area contributed by atoms with Gasteiger partial charge in [-0.05, 0) is 7.05 Å². The summed E-state index contributed by atoms with van der Waals surface area (Å²) in [4.78, 5) is 11.5. The Morgan fingerprint density at radius 3 is 2.33 bits per heavy atom. The normalized spacial score (nSPS) is 11.8. The zero-order valence-electron chi connectivity index (χ0n) is 6.90. The Balaban J connectivity index is 3.74. The molecule has 0 radical (unpaired) electrons. The molecule has 0 saturated carbocycles. The van der Waals surface area contributed by atoms with Gasteiger partial charge in [-0.3, -0.25) is 9.69 Å². The minimum atomic E-state index is -4.25. The molecule has 0 rings (SSSR count). The molecule has 0 saturated heterocycles. The number of amides is 1. The number of nitrogens with zero attached hydrogens (tertiary/aromatic N) is 1. The van der Waals surface area contributed by atoms with Gasteiger partial charge in [0.1, 0.15) is 0 Å². The van der Waals surface area contributed by atoms with Crippen LogP contribution in [0.2, 0.25) is 0 Å². The third kappa shape index (κ3) is 5.96. The minimum absolute atomic E-state index is 0.240. The number of rotatable bonds is 3. The number of hydrogen-bond donors (Lipinski definition) is 1. The van der Waals surface area contributed by atoms with Crippen molar-refractivity contribution in [1.29, 1.82) is 0 Å². The molecule has 0 heterocycles. The lowest BCUT2D eigenvalue weighted by molar-refractivity contribution is -0.145. The van der Waals surface area contributed by atoms with Crippen LogP contribution in [0, 0.1) is 0 Å². The third-order valence-corrected chi connectivity index (χ3v) is 1.14. The van der Waals surface area contributed by atoms with Gasteiger partial charge in [0.15, 0.2) is 0 Å². The van der Waals surface area contributed by atoms with Gasteiger partial charge in [-0.25, -0.2) is 0 Å². The van der Waals surface area contributed by atoms with Crippen molar-refractivity contribution in [1.82, 2.24) is 10.2 Å². The molecular formula is C6H11F3N2O. The lowest BCUT2D eigenvalue weighted by Gasteiger charge is -2.16. The van der Waals surface area contributed by atoms with Crippen molar-refractivity contribution < 1.29 is 18.0 Å². The third-order valence-electron chi connectivity index (χ3n) is 1.14. The van der Waals surface area contributed by atoms with Crippen molar-refractivity contribution in [3.05, 3.63) is 0 Å². The molecule has 72 valence electrons. The van der Waals surface area contributed by atoms with Crippen molar-refractivity contribution in [3.8, 4) is 0 Å². The fraction of sp³-hybridized carbons (Fsp3) is 0.833. The summed E-state index contributed by atoms with van der Waals surface area (Å²) in [7, 11) is 2.62. The highest BCUT2D eigenvalue weighted by Crippen LogP contribution is 2.14. The van der Waals surface area contributed by atoms with Crippen LogP contribution in [0.3, 0.4) is 0 Å². The Hall–Kier alpha value is -0.780. The van der Waals surface area contributed by atoms with Crippen molar-refractivity contribution in [2.45, 2.75) is 6.18 Å². The van der Waals surface area contributed by atoms with Crippen LogP contribution in [0.4, 0.5) is 13.2 Å². The number of likely N-dealkylation sites (N-methyl/N-ethyl adjacent to an activating group) is 2. The first kappa shape index (κ1) is 11.2. The molecule has 1 amide bonds. The summed E-state index contributed by atoms with van der Waals surface area (Å²) < 4.78 is 35.1. The quantitative estimate of drug-likeness (QED) is 0.680. The number of alkyl halides is 3. The van der Waals surface area contributed by atoms with Crippen LogP contribution in [-0.2, 0) is 4.79 Å². The average molecular weight is 184 g/mol. The Morgan fingerprint density at radius 2 is 2.00 bits per heavy atom. The second-order valence-corrected chi connectivity index (χ2v) is 2.46. The molecule has 0 atom stereocenters. The highest BCUT2D eigenvalue weighted by atomic mass is 19.4. The van der Waals surface area contributed by atoms with E-state index in [0.29, 0.717) is 0 Å². The predicted octanol–water partition coefficient (Wildman–Crippen LogP) is 0.226. The fourth-order valence-electron chi connectivity index (χ4n) is 0.686. The maximum atomic E-state index is 11.7. The largest absolute Gasteiger partial charge is 0.401 e. The molecule has 0 unspecified atom stereocenters. The van der Waals surface area contributed by atoms with Crippen LogP contribution in [0.1, 0.15) is 0 Å². The highest BCUT2D eigenvalue weighted by Gasteiger charge is 2.29. The standard InChI is InChI=1S/C6H11F3N2O/c1-10-5(12)3-11(2)4-6(7,8)9/h3-4H2,1-2H3,(H,10,12). The molecule has 0 spiro atoms. The first-order valence-corrected chi connectivity index (χ1v) is 3.31. The molecule has 1 N–H and O–H groups in total. The van der Waals surface area contributed by atoms with E-state index in [4.69, 9.17) is 0 Å². The van der Waals surface area contributed by atoms with Crippen LogP contribution >= 0.6 is 0 Å². The van der Waals surface area contributed by atoms with E-state index in [1.54, 1.807) is 0 Å². The molecular weight excluding hydrogens is 173 g/mol. The summed E-state index contributed by atoms with van der Waals surface area (Å²) >= 11 is 0. The van der Waals surface area contributed by atoms with E-state index in [1.165, 1.54) is 14.1 Å². The van der Waals surface area contributed by atoms with E-state index < -0.39 is 18.6 Å². The maximum absolute atomic E-state index is 11.7. The van der Waals surface area contributed by atoms with E-state index in [1.807, 2.05) is 0 Å². The second kappa shape index (κ2) is 4.30. The first-order valence-electron chi connectivity index (χ1n) is 3.31. The minimum Gasteiger partial charge on any atom is -0.358 e. The zero-order chi connectivity index (χ0) is 9.78. The summed E-state index contributed by atoms with van der Waals surface area (Å²) in [6.07, 6.45) is -4.25. The lowest BCUT2D eigenvalue weighted by atomic mass is 10.5. The van der Waals surface area contributed by atoms with Crippen molar-refractivity contribution in [2.75, 3.05) is 27.2 Å². The topological polar surface area (TPSA) is 32.3 Å². The van der Waals surface area contributed by atoms with Gasteiger partial charge in [0, 0.05) is 7.05 Å². The number of halogens is 3. The Kier molecular flexibility index (Phi) is 4.02. The number of hydrogen-bond acceptors (Lipinski definition) is 2. The van der Waals surface area contributed by atoms with Gasteiger partial charge in [0.2, 0.25) is 5.91 Å². The van der Waals surface area contributed by atoms with Gasteiger partial charge >= 0.3 is 6.18 Å². The van der Waals surface area contributed by atoms with Crippen LogP contribution in [0.15, 0.2) is 0 Å². The first-order chi connectivity index (χ1) is 5.35. The Morgan fingerprint density at radius 1 is 1.50 bits per heavy atom. The average Bonchev–Trinajstić information content (AvgIpc) is 1.82. The lowest BCUT2D eigenvalue weighted by Crippen LogP contribution is -2.38. The molecule has 0 aliphatic heterocycles. The summed E-state index contributed by atoms with van der Waals surface area (Å²) in [5.74, 6) is -0.429. The molecule has 0 fully saturated rings. The summed E-state index contributed by atoms with van der Waals surface area (Å²) in [5, 5.41) is 2.23. The van der Waals surface area contributed by atoms with E-state index in [0.717, 1.165) is 4.90 Å². The van der Waals surface area contributed by atoms with Crippen LogP contribution in [0.5, 0.6) is 0 Å². The van der Waals surface area contributed by atoms with Crippen LogP contribution in [-0.4, -0.2) is 44.2 Å². The summed E-state index contributed by atoms with van der Waals surface area (Å²) in [5.41, 5.74) is 0. The number of carbonyl (C=O) groups is 1. The van der Waals surface area contributed by atoms with E-state index >= 15 is 0 Å². The van der Waals surface area contributed by atoms with Gasteiger partial charge in [-0.1, -0.05) is 0 Å². The van der Waals surface area contributed by atoms with Gasteiger partial charge < -0.3 is 5.32 Å².